The van der Waals surface area contributed by atoms with Crippen molar-refractivity contribution in [2.24, 2.45) is 0 Å². The summed E-state index contributed by atoms with van der Waals surface area (Å²) in [6, 6.07) is 0. The van der Waals surface area contributed by atoms with Crippen LogP contribution in [0.4, 0.5) is 0 Å². The summed E-state index contributed by atoms with van der Waals surface area (Å²) in [6.07, 6.45) is 0. The van der Waals surface area contributed by atoms with Gasteiger partial charge in [-0.1, -0.05) is 6.92 Å². The van der Waals surface area contributed by atoms with Crippen LogP contribution in [0.25, 0.3) is 0 Å². The molecule has 0 aromatic carbocycles. The normalized spacial score (nSPS) is 10.7. The van der Waals surface area contributed by atoms with Crippen molar-refractivity contribution in [3.63, 3.8) is 0 Å². The van der Waals surface area contributed by atoms with Gasteiger partial charge < -0.3 is 19.9 Å². The van der Waals surface area contributed by atoms with Crippen molar-refractivity contribution in [1.82, 2.24) is 5.32 Å². The van der Waals surface area contributed by atoms with E-state index in [1.165, 1.54) is 6.92 Å². The molecule has 0 rings (SSSR count). The van der Waals surface area contributed by atoms with Crippen LogP contribution in [0, 0.1) is 0 Å². The predicted molar refractivity (Wildman–Crippen MR) is 49.1 cm³/mol. The van der Waals surface area contributed by atoms with E-state index in [9.17, 15) is 14.7 Å². The van der Waals surface area contributed by atoms with Crippen molar-refractivity contribution in [3.8, 4) is 0 Å². The quantitative estimate of drug-likeness (QED) is 0.230. The van der Waals surface area contributed by atoms with Gasteiger partial charge >= 0.3 is 35.5 Å². The summed E-state index contributed by atoms with van der Waals surface area (Å²) in [5.74, 6) is -2.33. The zero-order valence-corrected chi connectivity index (χ0v) is 12.0. The summed E-state index contributed by atoms with van der Waals surface area (Å²) >= 11 is 0. The van der Waals surface area contributed by atoms with Crippen molar-refractivity contribution in [1.29, 1.82) is 0 Å². The van der Waals surface area contributed by atoms with E-state index in [-0.39, 0.29) is 42.8 Å². The second kappa shape index (κ2) is 9.50. The van der Waals surface area contributed by atoms with E-state index < -0.39 is 23.5 Å². The summed E-state index contributed by atoms with van der Waals surface area (Å²) in [5, 5.41) is 13.3. The fourth-order valence-corrected chi connectivity index (χ4v) is 0.768. The molecule has 0 saturated heterocycles. The molecule has 0 heterocycles. The van der Waals surface area contributed by atoms with E-state index in [2.05, 4.69) is 14.8 Å². The van der Waals surface area contributed by atoms with E-state index in [0.717, 1.165) is 0 Å². The van der Waals surface area contributed by atoms with Gasteiger partial charge in [0.25, 0.3) is 0 Å². The number of hydrogen-bond acceptors (Lipinski definition) is 5. The maximum Gasteiger partial charge on any atom is 1.00 e. The van der Waals surface area contributed by atoms with E-state index in [1.807, 2.05) is 0 Å². The Labute approximate surface area is 116 Å². The zero-order chi connectivity index (χ0) is 11.8. The average molecular weight is 239 g/mol. The first-order valence-corrected chi connectivity index (χ1v) is 4.51. The maximum absolute atomic E-state index is 11.2. The number of esters is 1. The Morgan fingerprint density at radius 2 is 1.69 bits per heavy atom. The number of ether oxygens (including phenoxy) is 2. The van der Waals surface area contributed by atoms with Gasteiger partial charge in [0.15, 0.2) is 0 Å². The van der Waals surface area contributed by atoms with Crippen LogP contribution >= 0.6 is 0 Å². The Morgan fingerprint density at radius 3 is 2.06 bits per heavy atom. The predicted octanol–water partition coefficient (Wildman–Crippen LogP) is -3.74. The van der Waals surface area contributed by atoms with E-state index in [4.69, 9.17) is 0 Å². The molecule has 0 atom stereocenters. The minimum Gasteiger partial charge on any atom is -0.612 e. The third-order valence-corrected chi connectivity index (χ3v) is 1.26. The standard InChI is InChI=1S/C9H15NO5.Na/c1-4-14-8(12)7(10-6(3)11)9(13)15-5-2;/h12H,4-5H2,1-3H3,(H,10,11);/q;+1/p-1. The first-order valence-electron chi connectivity index (χ1n) is 4.51. The van der Waals surface area contributed by atoms with E-state index >= 15 is 0 Å². The molecule has 0 aromatic heterocycles. The van der Waals surface area contributed by atoms with Gasteiger partial charge in [-0.3, -0.25) is 4.79 Å². The molecule has 16 heavy (non-hydrogen) atoms. The average Bonchev–Trinajstić information content (AvgIpc) is 2.14. The van der Waals surface area contributed by atoms with Gasteiger partial charge in [0, 0.05) is 6.92 Å². The fraction of sp³-hybridized carbons (Fsp3) is 0.556. The summed E-state index contributed by atoms with van der Waals surface area (Å²) < 4.78 is 9.16. The second-order valence-corrected chi connectivity index (χ2v) is 2.50. The third kappa shape index (κ3) is 6.71. The summed E-state index contributed by atoms with van der Waals surface area (Å²) in [4.78, 5) is 21.9. The minimum atomic E-state index is -0.897. The molecule has 86 valence electrons. The van der Waals surface area contributed by atoms with Crippen LogP contribution in [-0.2, 0) is 19.1 Å². The molecular weight excluding hydrogens is 225 g/mol. The SMILES string of the molecule is CCOC(=O)C(NC(C)=O)=C([O-])OCC.[Na+]. The summed E-state index contributed by atoms with van der Waals surface area (Å²) in [6.45, 7) is 4.59. The van der Waals surface area contributed by atoms with E-state index in [0.29, 0.717) is 0 Å². The fourth-order valence-electron chi connectivity index (χ4n) is 0.768. The largest absolute Gasteiger partial charge is 1.00 e. The monoisotopic (exact) mass is 239 g/mol. The molecule has 0 saturated carbocycles. The molecule has 0 fully saturated rings. The first-order chi connectivity index (χ1) is 7.02. The zero-order valence-electron chi connectivity index (χ0n) is 9.96. The summed E-state index contributed by atoms with van der Waals surface area (Å²) in [5.41, 5.74) is -0.494. The number of rotatable bonds is 5. The molecule has 1 N–H and O–H groups in total. The summed E-state index contributed by atoms with van der Waals surface area (Å²) in [7, 11) is 0. The molecule has 0 aliphatic heterocycles. The molecule has 0 spiro atoms. The van der Waals surface area contributed by atoms with Crippen molar-refractivity contribution >= 4 is 11.9 Å². The first kappa shape index (κ1) is 17.7. The third-order valence-electron chi connectivity index (χ3n) is 1.26. The van der Waals surface area contributed by atoms with Gasteiger partial charge in [0.05, 0.1) is 12.6 Å². The van der Waals surface area contributed by atoms with Crippen molar-refractivity contribution < 1.29 is 53.7 Å². The van der Waals surface area contributed by atoms with E-state index in [1.54, 1.807) is 13.8 Å². The number of carbonyl (C=O) groups is 2. The molecule has 0 radical (unpaired) electrons. The second-order valence-electron chi connectivity index (χ2n) is 2.50. The molecule has 0 aromatic rings. The van der Waals surface area contributed by atoms with Crippen LogP contribution in [0.2, 0.25) is 0 Å². The number of hydrogen-bond donors (Lipinski definition) is 1. The van der Waals surface area contributed by atoms with Crippen molar-refractivity contribution in [2.75, 3.05) is 13.2 Å². The number of amides is 1. The molecule has 7 heteroatoms. The Bertz CT molecular complexity index is 277. The van der Waals surface area contributed by atoms with Gasteiger partial charge in [-0.2, -0.15) is 0 Å². The molecule has 6 nitrogen and oxygen atoms in total. The number of carbonyl (C=O) groups excluding carboxylic acids is 2. The van der Waals surface area contributed by atoms with Crippen LogP contribution in [0.1, 0.15) is 20.8 Å². The molecule has 0 bridgehead atoms. The topological polar surface area (TPSA) is 87.7 Å². The van der Waals surface area contributed by atoms with Crippen LogP contribution in [-0.4, -0.2) is 25.1 Å². The van der Waals surface area contributed by atoms with Gasteiger partial charge in [0.1, 0.15) is 5.70 Å². The van der Waals surface area contributed by atoms with Crippen LogP contribution in [0.5, 0.6) is 0 Å². The molecule has 0 aliphatic carbocycles. The minimum absolute atomic E-state index is 0. The Hall–Kier alpha value is -0.720. The Morgan fingerprint density at radius 1 is 1.19 bits per heavy atom. The van der Waals surface area contributed by atoms with Gasteiger partial charge in [0.2, 0.25) is 5.91 Å². The maximum atomic E-state index is 11.2. The molecule has 0 aliphatic rings. The van der Waals surface area contributed by atoms with Crippen molar-refractivity contribution in [3.05, 3.63) is 11.6 Å². The van der Waals surface area contributed by atoms with Crippen molar-refractivity contribution in [2.45, 2.75) is 20.8 Å². The Kier molecular flexibility index (Phi) is 10.5. The van der Waals surface area contributed by atoms with Crippen LogP contribution < -0.4 is 40.0 Å². The van der Waals surface area contributed by atoms with Crippen LogP contribution in [0.3, 0.4) is 0 Å². The van der Waals surface area contributed by atoms with Gasteiger partial charge in [-0.05, 0) is 13.5 Å². The van der Waals surface area contributed by atoms with Crippen LogP contribution in [0.15, 0.2) is 11.6 Å². The Balaban J connectivity index is 0. The van der Waals surface area contributed by atoms with Gasteiger partial charge in [-0.15, -0.1) is 0 Å². The molecule has 1 amide bonds. The smallest absolute Gasteiger partial charge is 0.612 e. The number of nitrogens with one attached hydrogen (secondary N) is 1. The molecule has 0 unspecified atom stereocenters. The van der Waals surface area contributed by atoms with Gasteiger partial charge in [-0.25, -0.2) is 4.79 Å². The molecular formula is C9H14NNaO5.